The molecule has 2 aliphatic heterocycles. The monoisotopic (exact) mass is 448 g/mol. The Labute approximate surface area is 175 Å². The summed E-state index contributed by atoms with van der Waals surface area (Å²) in [5.41, 5.74) is 1.11. The van der Waals surface area contributed by atoms with Crippen LogP contribution in [-0.2, 0) is 25.0 Å². The first-order valence-corrected chi connectivity index (χ1v) is 10.5. The van der Waals surface area contributed by atoms with Gasteiger partial charge in [-0.05, 0) is 76.0 Å². The van der Waals surface area contributed by atoms with E-state index in [2.05, 4.69) is 52.7 Å². The van der Waals surface area contributed by atoms with Crippen LogP contribution in [0.25, 0.3) is 11.0 Å². The average molecular weight is 449 g/mol. The van der Waals surface area contributed by atoms with Crippen molar-refractivity contribution in [3.63, 3.8) is 0 Å². The number of nitrogens with one attached hydrogen (secondary N) is 1. The Bertz CT molecular complexity index is 900. The summed E-state index contributed by atoms with van der Waals surface area (Å²) >= 11 is 3.56. The van der Waals surface area contributed by atoms with E-state index in [0.29, 0.717) is 6.42 Å². The van der Waals surface area contributed by atoms with Crippen LogP contribution in [0.2, 0.25) is 0 Å². The maximum atomic E-state index is 6.48. The third kappa shape index (κ3) is 3.06. The van der Waals surface area contributed by atoms with Crippen LogP contribution in [0.1, 0.15) is 54.0 Å². The summed E-state index contributed by atoms with van der Waals surface area (Å²) < 4.78 is 26.1. The normalized spacial score (nSPS) is 28.4. The van der Waals surface area contributed by atoms with Gasteiger partial charge in [-0.2, -0.15) is 0 Å². The van der Waals surface area contributed by atoms with Crippen molar-refractivity contribution in [3.8, 4) is 0 Å². The highest BCUT2D eigenvalue weighted by Gasteiger charge is 2.64. The van der Waals surface area contributed by atoms with Crippen molar-refractivity contribution in [2.75, 3.05) is 0 Å². The molecule has 28 heavy (non-hydrogen) atoms. The summed E-state index contributed by atoms with van der Waals surface area (Å²) in [6.07, 6.45) is 2.38. The Hall–Kier alpha value is -0.860. The van der Waals surface area contributed by atoms with Gasteiger partial charge in [-0.15, -0.1) is 0 Å². The van der Waals surface area contributed by atoms with Crippen molar-refractivity contribution in [2.24, 2.45) is 0 Å². The fourth-order valence-electron chi connectivity index (χ4n) is 3.77. The van der Waals surface area contributed by atoms with Crippen molar-refractivity contribution in [1.82, 2.24) is 9.97 Å². The van der Waals surface area contributed by atoms with E-state index >= 15 is 0 Å². The number of nitrogens with zero attached hydrogens (tertiary/aromatic N) is 1. The molecule has 0 bridgehead atoms. The van der Waals surface area contributed by atoms with Crippen LogP contribution in [0.5, 0.6) is 0 Å². The lowest BCUT2D eigenvalue weighted by atomic mass is 9.49. The standard InChI is InChI=1S/C19H27B2BrN2O4/c1-16(2)17(3,4)26-20(25-16)21-27-18(5,6)19(7,28-21)10-12-8-9-13(22)15-14(12)23-11-24-15/h8-9,11H,10H2,1-7H3,(H,23,24). The van der Waals surface area contributed by atoms with Gasteiger partial charge in [0.05, 0.1) is 34.2 Å². The molecule has 1 N–H and O–H groups in total. The summed E-state index contributed by atoms with van der Waals surface area (Å²) in [4.78, 5) is 7.66. The van der Waals surface area contributed by atoms with Gasteiger partial charge in [0.2, 0.25) is 0 Å². The van der Waals surface area contributed by atoms with Crippen LogP contribution in [0.15, 0.2) is 22.9 Å². The maximum Gasteiger partial charge on any atom is 0.489 e. The lowest BCUT2D eigenvalue weighted by molar-refractivity contribution is -0.00856. The van der Waals surface area contributed by atoms with E-state index in [4.69, 9.17) is 18.6 Å². The van der Waals surface area contributed by atoms with Crippen molar-refractivity contribution in [2.45, 2.75) is 77.3 Å². The summed E-state index contributed by atoms with van der Waals surface area (Å²) in [6, 6.07) is 4.12. The van der Waals surface area contributed by atoms with E-state index in [-0.39, 0.29) is 0 Å². The number of aromatic nitrogens is 2. The number of fused-ring (bicyclic) bond motifs is 1. The zero-order chi connectivity index (χ0) is 20.5. The molecule has 150 valence electrons. The Morgan fingerprint density at radius 3 is 2.11 bits per heavy atom. The van der Waals surface area contributed by atoms with Gasteiger partial charge in [0.1, 0.15) is 5.52 Å². The predicted molar refractivity (Wildman–Crippen MR) is 114 cm³/mol. The highest BCUT2D eigenvalue weighted by atomic mass is 79.9. The van der Waals surface area contributed by atoms with E-state index in [9.17, 15) is 0 Å². The molecule has 0 spiro atoms. The third-order valence-corrected chi connectivity index (χ3v) is 7.34. The largest absolute Gasteiger partial charge is 0.489 e. The minimum atomic E-state index is -0.589. The molecule has 0 aliphatic carbocycles. The molecular formula is C19H27B2BrN2O4. The number of benzene rings is 1. The second-order valence-electron chi connectivity index (χ2n) is 9.48. The van der Waals surface area contributed by atoms with E-state index < -0.39 is 36.4 Å². The summed E-state index contributed by atoms with van der Waals surface area (Å²) in [5.74, 6) is 0. The molecular weight excluding hydrogens is 422 g/mol. The molecule has 6 nitrogen and oxygen atoms in total. The number of H-pyrrole nitrogens is 1. The van der Waals surface area contributed by atoms with Gasteiger partial charge in [0.15, 0.2) is 0 Å². The zero-order valence-corrected chi connectivity index (χ0v) is 19.1. The Morgan fingerprint density at radius 2 is 1.46 bits per heavy atom. The SMILES string of the molecule is CC1(C)OB(B2OC(C)(C)C(C)(Cc3ccc(Br)c4nc[nH]c34)O2)OC1(C)C. The van der Waals surface area contributed by atoms with E-state index in [1.807, 2.05) is 33.8 Å². The summed E-state index contributed by atoms with van der Waals surface area (Å²) in [6.45, 7) is 14.3. The zero-order valence-electron chi connectivity index (χ0n) is 17.6. The second kappa shape index (κ2) is 6.32. The van der Waals surface area contributed by atoms with Crippen LogP contribution in [0.4, 0.5) is 0 Å². The molecule has 2 aromatic rings. The number of rotatable bonds is 3. The van der Waals surface area contributed by atoms with Gasteiger partial charge in [-0.1, -0.05) is 6.07 Å². The number of hydrogen-bond donors (Lipinski definition) is 1. The molecule has 9 heteroatoms. The molecule has 0 radical (unpaired) electrons. The number of aromatic amines is 1. The van der Waals surface area contributed by atoms with Crippen LogP contribution < -0.4 is 0 Å². The molecule has 2 saturated heterocycles. The number of halogens is 1. The van der Waals surface area contributed by atoms with Gasteiger partial charge < -0.3 is 23.6 Å². The first-order chi connectivity index (χ1) is 12.9. The molecule has 0 saturated carbocycles. The second-order valence-corrected chi connectivity index (χ2v) is 10.3. The Morgan fingerprint density at radius 1 is 0.893 bits per heavy atom. The molecule has 2 fully saturated rings. The average Bonchev–Trinajstić information content (AvgIpc) is 3.19. The first kappa shape index (κ1) is 20.4. The predicted octanol–water partition coefficient (Wildman–Crippen LogP) is 4.11. The van der Waals surface area contributed by atoms with Gasteiger partial charge in [0.25, 0.3) is 0 Å². The fourth-order valence-corrected chi connectivity index (χ4v) is 4.20. The maximum absolute atomic E-state index is 6.48. The molecule has 0 amide bonds. The topological polar surface area (TPSA) is 65.6 Å². The number of imidazole rings is 1. The fraction of sp³-hybridized carbons (Fsp3) is 0.632. The van der Waals surface area contributed by atoms with Crippen molar-refractivity contribution < 1.29 is 18.6 Å². The lowest BCUT2D eigenvalue weighted by Crippen LogP contribution is -2.46. The molecule has 1 aromatic heterocycles. The molecule has 3 heterocycles. The van der Waals surface area contributed by atoms with Crippen LogP contribution in [0, 0.1) is 0 Å². The molecule has 1 aromatic carbocycles. The van der Waals surface area contributed by atoms with Crippen LogP contribution in [-0.4, -0.2) is 46.4 Å². The van der Waals surface area contributed by atoms with Crippen molar-refractivity contribution >= 4 is 41.0 Å². The Kier molecular flexibility index (Phi) is 4.61. The minimum absolute atomic E-state index is 0.429. The van der Waals surface area contributed by atoms with Gasteiger partial charge in [0, 0.05) is 10.9 Å². The Balaban J connectivity index is 1.61. The first-order valence-electron chi connectivity index (χ1n) is 9.67. The highest BCUT2D eigenvalue weighted by molar-refractivity contribution is 9.10. The van der Waals surface area contributed by atoms with Gasteiger partial charge >= 0.3 is 14.0 Å². The quantitative estimate of drug-likeness (QED) is 0.716. The molecule has 2 aliphatic rings. The molecule has 1 atom stereocenters. The number of hydrogen-bond acceptors (Lipinski definition) is 5. The summed E-state index contributed by atoms with van der Waals surface area (Å²) in [7, 11) is -1.16. The van der Waals surface area contributed by atoms with Crippen molar-refractivity contribution in [1.29, 1.82) is 0 Å². The molecule has 1 unspecified atom stereocenters. The third-order valence-electron chi connectivity index (χ3n) is 6.70. The van der Waals surface area contributed by atoms with Gasteiger partial charge in [-0.25, -0.2) is 4.98 Å². The van der Waals surface area contributed by atoms with Crippen LogP contribution >= 0.6 is 15.9 Å². The van der Waals surface area contributed by atoms with E-state index in [0.717, 1.165) is 21.1 Å². The minimum Gasteiger partial charge on any atom is -0.405 e. The van der Waals surface area contributed by atoms with Crippen molar-refractivity contribution in [3.05, 3.63) is 28.5 Å². The summed E-state index contributed by atoms with van der Waals surface area (Å²) in [5, 5.41) is 0. The smallest absolute Gasteiger partial charge is 0.405 e. The van der Waals surface area contributed by atoms with Gasteiger partial charge in [-0.3, -0.25) is 0 Å². The highest BCUT2D eigenvalue weighted by Crippen LogP contribution is 2.45. The van der Waals surface area contributed by atoms with E-state index in [1.54, 1.807) is 6.33 Å². The lowest BCUT2D eigenvalue weighted by Gasteiger charge is -2.36. The van der Waals surface area contributed by atoms with Crippen LogP contribution in [0.3, 0.4) is 0 Å². The molecule has 4 rings (SSSR count). The van der Waals surface area contributed by atoms with E-state index in [1.165, 1.54) is 0 Å².